The van der Waals surface area contributed by atoms with Crippen LogP contribution in [0.4, 0.5) is 0 Å². The lowest BCUT2D eigenvalue weighted by Gasteiger charge is -2.04. The third kappa shape index (κ3) is 3.26. The first-order chi connectivity index (χ1) is 8.47. The summed E-state index contributed by atoms with van der Waals surface area (Å²) in [6, 6.07) is 2.84. The second kappa shape index (κ2) is 5.31. The lowest BCUT2D eigenvalue weighted by Crippen LogP contribution is -2.23. The average molecular weight is 304 g/mol. The fourth-order valence-electron chi connectivity index (χ4n) is 1.24. The molecule has 5 nitrogen and oxygen atoms in total. The van der Waals surface area contributed by atoms with Crippen molar-refractivity contribution in [3.05, 3.63) is 39.6 Å². The summed E-state index contributed by atoms with van der Waals surface area (Å²) in [7, 11) is -3.57. The Morgan fingerprint density at radius 1 is 1.33 bits per heavy atom. The van der Waals surface area contributed by atoms with E-state index in [0.717, 1.165) is 9.88 Å². The van der Waals surface area contributed by atoms with Crippen molar-refractivity contribution in [1.82, 2.24) is 14.7 Å². The van der Waals surface area contributed by atoms with Gasteiger partial charge >= 0.3 is 0 Å². The molecule has 0 atom stereocenters. The van der Waals surface area contributed by atoms with Gasteiger partial charge in [0.05, 0.1) is 6.54 Å². The zero-order valence-electron chi connectivity index (χ0n) is 9.42. The fourth-order valence-corrected chi connectivity index (χ4v) is 3.11. The molecule has 0 amide bonds. The first-order valence-electron chi connectivity index (χ1n) is 5.00. The smallest absolute Gasteiger partial charge is 0.242 e. The lowest BCUT2D eigenvalue weighted by molar-refractivity contribution is 0.580. The number of pyridine rings is 1. The number of halogens is 1. The minimum atomic E-state index is -3.57. The van der Waals surface area contributed by atoms with Crippen LogP contribution in [0.5, 0.6) is 0 Å². The number of aryl methyl sites for hydroxylation is 1. The number of hydrogen-bond donors (Lipinski definition) is 1. The predicted molar refractivity (Wildman–Crippen MR) is 70.1 cm³/mol. The number of nitrogens with zero attached hydrogens (tertiary/aromatic N) is 2. The second-order valence-electron chi connectivity index (χ2n) is 3.51. The van der Waals surface area contributed by atoms with Gasteiger partial charge in [0.25, 0.3) is 0 Å². The van der Waals surface area contributed by atoms with Crippen molar-refractivity contribution >= 4 is 33.0 Å². The van der Waals surface area contributed by atoms with E-state index >= 15 is 0 Å². The molecule has 2 heterocycles. The van der Waals surface area contributed by atoms with Crippen LogP contribution in [0.3, 0.4) is 0 Å². The third-order valence-electron chi connectivity index (χ3n) is 2.09. The molecule has 0 aliphatic rings. The van der Waals surface area contributed by atoms with Gasteiger partial charge in [-0.25, -0.2) is 23.1 Å². The molecule has 0 saturated carbocycles. The van der Waals surface area contributed by atoms with Crippen LogP contribution in [0, 0.1) is 6.92 Å². The van der Waals surface area contributed by atoms with E-state index < -0.39 is 10.0 Å². The summed E-state index contributed by atoms with van der Waals surface area (Å²) in [5, 5.41) is 0.975. The van der Waals surface area contributed by atoms with Crippen LogP contribution in [0.15, 0.2) is 29.4 Å². The molecule has 0 bridgehead atoms. The molecule has 0 radical (unpaired) electrons. The number of thiazole rings is 1. The highest BCUT2D eigenvalue weighted by molar-refractivity contribution is 7.89. The highest BCUT2D eigenvalue weighted by Gasteiger charge is 2.14. The molecule has 2 rings (SSSR count). The van der Waals surface area contributed by atoms with Crippen molar-refractivity contribution in [3.8, 4) is 0 Å². The van der Waals surface area contributed by atoms with Gasteiger partial charge in [-0.1, -0.05) is 11.6 Å². The molecule has 0 aromatic carbocycles. The van der Waals surface area contributed by atoms with Gasteiger partial charge in [0.1, 0.15) is 15.1 Å². The minimum absolute atomic E-state index is 0.0835. The van der Waals surface area contributed by atoms with Crippen LogP contribution in [0.25, 0.3) is 0 Å². The lowest BCUT2D eigenvalue weighted by atomic mass is 10.5. The van der Waals surface area contributed by atoms with E-state index in [9.17, 15) is 8.42 Å². The van der Waals surface area contributed by atoms with Crippen molar-refractivity contribution in [2.45, 2.75) is 18.4 Å². The largest absolute Gasteiger partial charge is 0.248 e. The molecular formula is C10H10ClN3O2S2. The Bertz CT molecular complexity index is 637. The van der Waals surface area contributed by atoms with E-state index in [1.165, 1.54) is 29.7 Å². The number of hydrogen-bond acceptors (Lipinski definition) is 5. The first kappa shape index (κ1) is 13.4. The SMILES string of the molecule is Cc1cnc(CNS(=O)(=O)c2ccc(Cl)nc2)s1. The summed E-state index contributed by atoms with van der Waals surface area (Å²) in [5.74, 6) is 0. The zero-order valence-corrected chi connectivity index (χ0v) is 11.8. The van der Waals surface area contributed by atoms with Gasteiger partial charge in [-0.05, 0) is 19.1 Å². The Hall–Kier alpha value is -1.02. The van der Waals surface area contributed by atoms with Gasteiger partial charge in [-0.2, -0.15) is 0 Å². The Balaban J connectivity index is 2.10. The van der Waals surface area contributed by atoms with Gasteiger partial charge in [-0.15, -0.1) is 11.3 Å². The minimum Gasteiger partial charge on any atom is -0.248 e. The Kier molecular flexibility index (Phi) is 3.96. The summed E-state index contributed by atoms with van der Waals surface area (Å²) in [4.78, 5) is 8.94. The molecule has 1 N–H and O–H groups in total. The molecule has 0 unspecified atom stereocenters. The van der Waals surface area contributed by atoms with E-state index in [4.69, 9.17) is 11.6 Å². The molecule has 0 aliphatic carbocycles. The summed E-state index contributed by atoms with van der Waals surface area (Å²) >= 11 is 7.05. The second-order valence-corrected chi connectivity index (χ2v) is 6.98. The van der Waals surface area contributed by atoms with Crippen LogP contribution < -0.4 is 4.72 Å². The first-order valence-corrected chi connectivity index (χ1v) is 7.68. The summed E-state index contributed by atoms with van der Waals surface area (Å²) < 4.78 is 26.3. The average Bonchev–Trinajstić information content (AvgIpc) is 2.73. The highest BCUT2D eigenvalue weighted by atomic mass is 35.5. The number of rotatable bonds is 4. The molecule has 0 spiro atoms. The monoisotopic (exact) mass is 303 g/mol. The molecule has 0 saturated heterocycles. The molecule has 0 fully saturated rings. The standard InChI is InChI=1S/C10H10ClN3O2S2/c1-7-4-13-10(17-7)6-14-18(15,16)8-2-3-9(11)12-5-8/h2-5,14H,6H2,1H3. The quantitative estimate of drug-likeness (QED) is 0.877. The number of nitrogens with one attached hydrogen (secondary N) is 1. The Morgan fingerprint density at radius 3 is 2.67 bits per heavy atom. The molecule has 2 aromatic rings. The van der Waals surface area contributed by atoms with Crippen molar-refractivity contribution in [3.63, 3.8) is 0 Å². The van der Waals surface area contributed by atoms with Gasteiger partial charge in [-0.3, -0.25) is 0 Å². The predicted octanol–water partition coefficient (Wildman–Crippen LogP) is 1.98. The van der Waals surface area contributed by atoms with E-state index in [2.05, 4.69) is 14.7 Å². The van der Waals surface area contributed by atoms with Crippen LogP contribution in [0.2, 0.25) is 5.15 Å². The molecule has 0 aliphatic heterocycles. The molecule has 96 valence electrons. The molecular weight excluding hydrogens is 294 g/mol. The van der Waals surface area contributed by atoms with Gasteiger partial charge in [0.15, 0.2) is 0 Å². The van der Waals surface area contributed by atoms with Crippen LogP contribution in [-0.2, 0) is 16.6 Å². The van der Waals surface area contributed by atoms with Crippen molar-refractivity contribution in [2.75, 3.05) is 0 Å². The van der Waals surface area contributed by atoms with Crippen molar-refractivity contribution in [1.29, 1.82) is 0 Å². The summed E-state index contributed by atoms with van der Waals surface area (Å²) in [6.07, 6.45) is 2.93. The summed E-state index contributed by atoms with van der Waals surface area (Å²) in [6.45, 7) is 2.09. The fraction of sp³-hybridized carbons (Fsp3) is 0.200. The molecule has 8 heteroatoms. The van der Waals surface area contributed by atoms with E-state index in [1.54, 1.807) is 6.20 Å². The summed E-state index contributed by atoms with van der Waals surface area (Å²) in [5.41, 5.74) is 0. The molecule has 2 aromatic heterocycles. The van der Waals surface area contributed by atoms with Gasteiger partial charge in [0.2, 0.25) is 10.0 Å². The van der Waals surface area contributed by atoms with Crippen LogP contribution in [-0.4, -0.2) is 18.4 Å². The Morgan fingerprint density at radius 2 is 2.11 bits per heavy atom. The zero-order chi connectivity index (χ0) is 13.2. The van der Waals surface area contributed by atoms with Crippen molar-refractivity contribution in [2.24, 2.45) is 0 Å². The number of aromatic nitrogens is 2. The topological polar surface area (TPSA) is 72.0 Å². The Labute approximate surface area is 114 Å². The van der Waals surface area contributed by atoms with E-state index in [0.29, 0.717) is 0 Å². The highest BCUT2D eigenvalue weighted by Crippen LogP contribution is 2.14. The maximum atomic E-state index is 11.9. The van der Waals surface area contributed by atoms with E-state index in [1.807, 2.05) is 6.92 Å². The normalized spacial score (nSPS) is 11.7. The van der Waals surface area contributed by atoms with Gasteiger partial charge < -0.3 is 0 Å². The maximum Gasteiger partial charge on any atom is 0.242 e. The van der Waals surface area contributed by atoms with Crippen LogP contribution >= 0.6 is 22.9 Å². The van der Waals surface area contributed by atoms with Crippen molar-refractivity contribution < 1.29 is 8.42 Å². The number of sulfonamides is 1. The van der Waals surface area contributed by atoms with Gasteiger partial charge in [0, 0.05) is 17.3 Å². The maximum absolute atomic E-state index is 11.9. The van der Waals surface area contributed by atoms with E-state index in [-0.39, 0.29) is 16.6 Å². The third-order valence-corrected chi connectivity index (χ3v) is 4.62. The van der Waals surface area contributed by atoms with Crippen LogP contribution in [0.1, 0.15) is 9.88 Å². The molecule has 18 heavy (non-hydrogen) atoms.